The Labute approximate surface area is 119 Å². The first-order valence-corrected chi connectivity index (χ1v) is 6.25. The molecule has 0 spiro atoms. The van der Waals surface area contributed by atoms with Gasteiger partial charge in [-0.25, -0.2) is 4.39 Å². The highest BCUT2D eigenvalue weighted by Gasteiger charge is 2.17. The minimum Gasteiger partial charge on any atom is -0.486 e. The summed E-state index contributed by atoms with van der Waals surface area (Å²) in [5, 5.41) is 2.55. The van der Waals surface area contributed by atoms with Gasteiger partial charge < -0.3 is 20.5 Å². The molecule has 1 amide bonds. The van der Waals surface area contributed by atoms with E-state index in [2.05, 4.69) is 10.3 Å². The molecule has 7 heteroatoms. The van der Waals surface area contributed by atoms with Crippen LogP contribution in [0.5, 0.6) is 11.5 Å². The van der Waals surface area contributed by atoms with Gasteiger partial charge in [-0.3, -0.25) is 9.78 Å². The normalized spacial score (nSPS) is 12.8. The molecule has 0 aliphatic carbocycles. The third-order valence-electron chi connectivity index (χ3n) is 2.98. The van der Waals surface area contributed by atoms with E-state index in [-0.39, 0.29) is 5.56 Å². The predicted molar refractivity (Wildman–Crippen MR) is 74.0 cm³/mol. The molecule has 0 saturated heterocycles. The number of amides is 1. The second kappa shape index (κ2) is 5.28. The number of nitrogens with one attached hydrogen (secondary N) is 1. The first kappa shape index (κ1) is 13.2. The van der Waals surface area contributed by atoms with Gasteiger partial charge in [0.1, 0.15) is 13.2 Å². The molecule has 1 aromatic heterocycles. The summed E-state index contributed by atoms with van der Waals surface area (Å²) in [5.41, 5.74) is 6.38. The standard InChI is InChI=1S/C14H12FN3O3/c15-9-7-17-2-1-8(9)14(19)18-11-6-13-12(5-10(11)16)20-3-4-21-13/h1-2,5-7H,3-4,16H2,(H,18,19). The maximum atomic E-state index is 13.5. The number of rotatable bonds is 2. The molecule has 0 radical (unpaired) electrons. The van der Waals surface area contributed by atoms with E-state index in [4.69, 9.17) is 15.2 Å². The van der Waals surface area contributed by atoms with Crippen molar-refractivity contribution in [1.82, 2.24) is 4.98 Å². The Morgan fingerprint density at radius 2 is 2.00 bits per heavy atom. The number of hydrogen-bond acceptors (Lipinski definition) is 5. The zero-order valence-corrected chi connectivity index (χ0v) is 10.9. The van der Waals surface area contributed by atoms with Crippen molar-refractivity contribution in [3.05, 3.63) is 42.0 Å². The van der Waals surface area contributed by atoms with Gasteiger partial charge in [-0.1, -0.05) is 0 Å². The van der Waals surface area contributed by atoms with Gasteiger partial charge in [0.05, 0.1) is 23.1 Å². The van der Waals surface area contributed by atoms with Crippen molar-refractivity contribution < 1.29 is 18.7 Å². The van der Waals surface area contributed by atoms with E-state index in [0.29, 0.717) is 36.1 Å². The molecule has 2 heterocycles. The van der Waals surface area contributed by atoms with Crippen LogP contribution in [-0.2, 0) is 0 Å². The Hall–Kier alpha value is -2.83. The van der Waals surface area contributed by atoms with Gasteiger partial charge >= 0.3 is 0 Å². The fourth-order valence-corrected chi connectivity index (χ4v) is 1.96. The number of hydrogen-bond donors (Lipinski definition) is 2. The minimum absolute atomic E-state index is 0.112. The molecule has 0 saturated carbocycles. The average molecular weight is 289 g/mol. The number of anilines is 2. The number of nitrogens with two attached hydrogens (primary N) is 1. The zero-order valence-electron chi connectivity index (χ0n) is 10.9. The van der Waals surface area contributed by atoms with E-state index in [0.717, 1.165) is 6.20 Å². The number of carbonyl (C=O) groups is 1. The summed E-state index contributed by atoms with van der Waals surface area (Å²) in [7, 11) is 0. The Kier molecular flexibility index (Phi) is 3.31. The fourth-order valence-electron chi connectivity index (χ4n) is 1.96. The Balaban J connectivity index is 1.88. The SMILES string of the molecule is Nc1cc2c(cc1NC(=O)c1ccncc1F)OCCO2. The summed E-state index contributed by atoms with van der Waals surface area (Å²) in [6.07, 6.45) is 2.31. The van der Waals surface area contributed by atoms with Gasteiger partial charge in [-0.05, 0) is 6.07 Å². The van der Waals surface area contributed by atoms with Gasteiger partial charge in [-0.2, -0.15) is 0 Å². The highest BCUT2D eigenvalue weighted by Crippen LogP contribution is 2.37. The molecular weight excluding hydrogens is 277 g/mol. The monoisotopic (exact) mass is 289 g/mol. The lowest BCUT2D eigenvalue weighted by Gasteiger charge is -2.20. The second-order valence-electron chi connectivity index (χ2n) is 4.39. The molecular formula is C14H12FN3O3. The molecule has 0 atom stereocenters. The van der Waals surface area contributed by atoms with Gasteiger partial charge in [0.2, 0.25) is 0 Å². The molecule has 0 bridgehead atoms. The van der Waals surface area contributed by atoms with Crippen LogP contribution in [-0.4, -0.2) is 24.1 Å². The smallest absolute Gasteiger partial charge is 0.258 e. The maximum Gasteiger partial charge on any atom is 0.258 e. The number of benzene rings is 1. The minimum atomic E-state index is -0.703. The molecule has 1 aliphatic rings. The van der Waals surface area contributed by atoms with E-state index in [1.807, 2.05) is 0 Å². The summed E-state index contributed by atoms with van der Waals surface area (Å²) >= 11 is 0. The molecule has 1 aromatic carbocycles. The van der Waals surface area contributed by atoms with Crippen LogP contribution >= 0.6 is 0 Å². The summed E-state index contributed by atoms with van der Waals surface area (Å²) in [5.74, 6) is -0.308. The molecule has 3 N–H and O–H groups in total. The summed E-state index contributed by atoms with van der Waals surface area (Å²) in [4.78, 5) is 15.6. The van der Waals surface area contributed by atoms with Gasteiger partial charge in [0, 0.05) is 18.3 Å². The third-order valence-corrected chi connectivity index (χ3v) is 2.98. The van der Waals surface area contributed by atoms with Crippen molar-refractivity contribution in [3.63, 3.8) is 0 Å². The number of pyridine rings is 1. The molecule has 0 fully saturated rings. The van der Waals surface area contributed by atoms with E-state index in [9.17, 15) is 9.18 Å². The lowest BCUT2D eigenvalue weighted by atomic mass is 10.2. The van der Waals surface area contributed by atoms with E-state index >= 15 is 0 Å². The first-order chi connectivity index (χ1) is 10.1. The molecule has 1 aliphatic heterocycles. The fraction of sp³-hybridized carbons (Fsp3) is 0.143. The maximum absolute atomic E-state index is 13.5. The van der Waals surface area contributed by atoms with Crippen LogP contribution < -0.4 is 20.5 Å². The van der Waals surface area contributed by atoms with Crippen molar-refractivity contribution in [1.29, 1.82) is 0 Å². The lowest BCUT2D eigenvalue weighted by Crippen LogP contribution is -2.18. The van der Waals surface area contributed by atoms with Crippen LogP contribution in [0.1, 0.15) is 10.4 Å². The number of halogens is 1. The van der Waals surface area contributed by atoms with Crippen molar-refractivity contribution in [3.8, 4) is 11.5 Å². The highest BCUT2D eigenvalue weighted by atomic mass is 19.1. The summed E-state index contributed by atoms with van der Waals surface area (Å²) in [6, 6.07) is 4.41. The van der Waals surface area contributed by atoms with Crippen LogP contribution in [0.3, 0.4) is 0 Å². The van der Waals surface area contributed by atoms with Gasteiger partial charge in [0.15, 0.2) is 17.3 Å². The number of ether oxygens (including phenoxy) is 2. The van der Waals surface area contributed by atoms with Gasteiger partial charge in [-0.15, -0.1) is 0 Å². The van der Waals surface area contributed by atoms with Crippen LogP contribution in [0.15, 0.2) is 30.6 Å². The van der Waals surface area contributed by atoms with Crippen molar-refractivity contribution >= 4 is 17.3 Å². The summed E-state index contributed by atoms with van der Waals surface area (Å²) < 4.78 is 24.3. The third kappa shape index (κ3) is 2.58. The quantitative estimate of drug-likeness (QED) is 0.824. The van der Waals surface area contributed by atoms with E-state index < -0.39 is 11.7 Å². The molecule has 0 unspecified atom stereocenters. The number of carbonyl (C=O) groups excluding carboxylic acids is 1. The van der Waals surface area contributed by atoms with Gasteiger partial charge in [0.25, 0.3) is 5.91 Å². The Bertz CT molecular complexity index is 706. The van der Waals surface area contributed by atoms with Crippen LogP contribution in [0.2, 0.25) is 0 Å². The second-order valence-corrected chi connectivity index (χ2v) is 4.39. The van der Waals surface area contributed by atoms with Crippen molar-refractivity contribution in [2.45, 2.75) is 0 Å². The average Bonchev–Trinajstić information content (AvgIpc) is 2.48. The summed E-state index contributed by atoms with van der Waals surface area (Å²) in [6.45, 7) is 0.865. The largest absolute Gasteiger partial charge is 0.486 e. The molecule has 6 nitrogen and oxygen atoms in total. The van der Waals surface area contributed by atoms with Crippen molar-refractivity contribution in [2.75, 3.05) is 24.3 Å². The van der Waals surface area contributed by atoms with Crippen LogP contribution in [0.25, 0.3) is 0 Å². The number of aromatic nitrogens is 1. The zero-order chi connectivity index (χ0) is 14.8. The van der Waals surface area contributed by atoms with E-state index in [1.54, 1.807) is 12.1 Å². The number of fused-ring (bicyclic) bond motifs is 1. The Morgan fingerprint density at radius 3 is 2.71 bits per heavy atom. The predicted octanol–water partition coefficient (Wildman–Crippen LogP) is 1.83. The first-order valence-electron chi connectivity index (χ1n) is 6.25. The Morgan fingerprint density at radius 1 is 1.29 bits per heavy atom. The lowest BCUT2D eigenvalue weighted by molar-refractivity contribution is 0.102. The molecule has 2 aromatic rings. The highest BCUT2D eigenvalue weighted by molar-refractivity contribution is 6.06. The number of nitrogen functional groups attached to an aromatic ring is 1. The number of nitrogens with zero attached hydrogens (tertiary/aromatic N) is 1. The van der Waals surface area contributed by atoms with Crippen LogP contribution in [0.4, 0.5) is 15.8 Å². The topological polar surface area (TPSA) is 86.5 Å². The molecule has 21 heavy (non-hydrogen) atoms. The van der Waals surface area contributed by atoms with E-state index in [1.165, 1.54) is 12.3 Å². The molecule has 3 rings (SSSR count). The van der Waals surface area contributed by atoms with Crippen molar-refractivity contribution in [2.24, 2.45) is 0 Å². The van der Waals surface area contributed by atoms with Crippen LogP contribution in [0, 0.1) is 5.82 Å². The molecule has 108 valence electrons.